The van der Waals surface area contributed by atoms with Crippen molar-refractivity contribution in [3.8, 4) is 39.9 Å². The summed E-state index contributed by atoms with van der Waals surface area (Å²) in [6.07, 6.45) is 1.51. The van der Waals surface area contributed by atoms with Crippen LogP contribution in [0.2, 0.25) is 0 Å². The van der Waals surface area contributed by atoms with Gasteiger partial charge in [-0.1, -0.05) is 13.8 Å². The Kier molecular flexibility index (Phi) is 4.67. The van der Waals surface area contributed by atoms with Gasteiger partial charge < -0.3 is 24.1 Å². The maximum Gasteiger partial charge on any atom is 0.230 e. The van der Waals surface area contributed by atoms with Crippen molar-refractivity contribution in [1.82, 2.24) is 0 Å². The van der Waals surface area contributed by atoms with Crippen LogP contribution in [0.15, 0.2) is 30.3 Å². The van der Waals surface area contributed by atoms with Crippen LogP contribution in [-0.2, 0) is 12.8 Å². The summed E-state index contributed by atoms with van der Waals surface area (Å²) in [5.41, 5.74) is 4.09. The number of hydrogen-bond acceptors (Lipinski definition) is 5. The highest BCUT2D eigenvalue weighted by molar-refractivity contribution is 6.05. The van der Waals surface area contributed by atoms with Crippen LogP contribution in [0.5, 0.6) is 28.7 Å². The zero-order valence-electron chi connectivity index (χ0n) is 16.6. The van der Waals surface area contributed by atoms with Crippen LogP contribution >= 0.6 is 0 Å². The lowest BCUT2D eigenvalue weighted by atomic mass is 9.86. The smallest absolute Gasteiger partial charge is 0.230 e. The third-order valence-electron chi connectivity index (χ3n) is 5.37. The van der Waals surface area contributed by atoms with Gasteiger partial charge in [0.05, 0.1) is 14.2 Å². The second kappa shape index (κ2) is 7.15. The molecule has 146 valence electrons. The highest BCUT2D eigenvalue weighted by Gasteiger charge is 2.24. The van der Waals surface area contributed by atoms with Crippen LogP contribution in [0.1, 0.15) is 25.0 Å². The van der Waals surface area contributed by atoms with E-state index >= 15 is 0 Å². The normalized spacial score (nSPS) is 12.4. The molecule has 0 atom stereocenters. The summed E-state index contributed by atoms with van der Waals surface area (Å²) in [6, 6.07) is 9.65. The summed E-state index contributed by atoms with van der Waals surface area (Å²) < 4.78 is 22.2. The van der Waals surface area contributed by atoms with Gasteiger partial charge in [0.2, 0.25) is 6.79 Å². The molecule has 1 aliphatic heterocycles. The molecule has 2 bridgehead atoms. The lowest BCUT2D eigenvalue weighted by Crippen LogP contribution is -2.11. The molecule has 1 aliphatic rings. The summed E-state index contributed by atoms with van der Waals surface area (Å²) in [4.78, 5) is 0. The number of fused-ring (bicyclic) bond motifs is 3. The van der Waals surface area contributed by atoms with Crippen molar-refractivity contribution in [2.24, 2.45) is 0 Å². The molecule has 4 rings (SSSR count). The lowest BCUT2D eigenvalue weighted by molar-refractivity contribution is 0.106. The molecular formula is C23H24O5. The second-order valence-electron chi connectivity index (χ2n) is 6.71. The fourth-order valence-electron chi connectivity index (χ4n) is 4.06. The zero-order chi connectivity index (χ0) is 19.8. The number of phenols is 1. The van der Waals surface area contributed by atoms with Crippen LogP contribution in [0.3, 0.4) is 0 Å². The third-order valence-corrected chi connectivity index (χ3v) is 5.37. The van der Waals surface area contributed by atoms with Crippen molar-refractivity contribution < 1.29 is 24.1 Å². The fraction of sp³-hybridized carbons (Fsp3) is 0.304. The van der Waals surface area contributed by atoms with Gasteiger partial charge in [-0.3, -0.25) is 0 Å². The first-order valence-corrected chi connectivity index (χ1v) is 9.45. The standard InChI is InChI=1S/C23H24O5/c1-5-14-15(6-2)23(24)18-11-21(26-4)20(25-3)10-17(18)22(14)16-8-7-13-9-19(16)28-12-27-13/h7-11,24H,5-6,12H2,1-4H3. The molecule has 1 N–H and O–H groups in total. The van der Waals surface area contributed by atoms with Crippen molar-refractivity contribution in [2.75, 3.05) is 21.0 Å². The monoisotopic (exact) mass is 380 g/mol. The van der Waals surface area contributed by atoms with Crippen LogP contribution in [0.25, 0.3) is 21.9 Å². The highest BCUT2D eigenvalue weighted by Crippen LogP contribution is 2.48. The Balaban J connectivity index is 2.15. The zero-order valence-corrected chi connectivity index (χ0v) is 16.6. The molecular weight excluding hydrogens is 356 g/mol. The predicted octanol–water partition coefficient (Wildman–Crippen LogP) is 5.08. The summed E-state index contributed by atoms with van der Waals surface area (Å²) in [7, 11) is 3.21. The van der Waals surface area contributed by atoms with Gasteiger partial charge in [0, 0.05) is 17.0 Å². The van der Waals surface area contributed by atoms with Crippen molar-refractivity contribution in [2.45, 2.75) is 26.7 Å². The minimum Gasteiger partial charge on any atom is -0.507 e. The van der Waals surface area contributed by atoms with Crippen LogP contribution in [0.4, 0.5) is 0 Å². The first kappa shape index (κ1) is 18.3. The number of methoxy groups -OCH3 is 2. The number of aromatic hydroxyl groups is 1. The summed E-state index contributed by atoms with van der Waals surface area (Å²) in [5.74, 6) is 3.08. The highest BCUT2D eigenvalue weighted by atomic mass is 16.7. The molecule has 0 radical (unpaired) electrons. The molecule has 0 aromatic heterocycles. The van der Waals surface area contributed by atoms with Gasteiger partial charge >= 0.3 is 0 Å². The Hall–Kier alpha value is -3.08. The average Bonchev–Trinajstić information content (AvgIpc) is 2.73. The average molecular weight is 380 g/mol. The topological polar surface area (TPSA) is 57.2 Å². The summed E-state index contributed by atoms with van der Waals surface area (Å²) in [6.45, 7) is 4.36. The molecule has 3 aromatic rings. The van der Waals surface area contributed by atoms with Crippen molar-refractivity contribution >= 4 is 10.8 Å². The number of rotatable bonds is 5. The van der Waals surface area contributed by atoms with Gasteiger partial charge in [0.15, 0.2) is 11.5 Å². The van der Waals surface area contributed by atoms with E-state index in [1.54, 1.807) is 14.2 Å². The molecule has 0 spiro atoms. The van der Waals surface area contributed by atoms with E-state index in [4.69, 9.17) is 18.9 Å². The van der Waals surface area contributed by atoms with Gasteiger partial charge in [0.25, 0.3) is 0 Å². The first-order valence-electron chi connectivity index (χ1n) is 9.45. The van der Waals surface area contributed by atoms with E-state index in [-0.39, 0.29) is 6.79 Å². The van der Waals surface area contributed by atoms with Gasteiger partial charge in [-0.05, 0) is 59.2 Å². The molecule has 0 aliphatic carbocycles. The maximum absolute atomic E-state index is 11.1. The quantitative estimate of drug-likeness (QED) is 0.669. The van der Waals surface area contributed by atoms with Crippen molar-refractivity contribution in [3.05, 3.63) is 41.5 Å². The number of phenolic OH excluding ortho intramolecular Hbond substituents is 1. The summed E-state index contributed by atoms with van der Waals surface area (Å²) >= 11 is 0. The minimum atomic E-state index is 0.199. The Morgan fingerprint density at radius 3 is 2.21 bits per heavy atom. The molecule has 0 amide bonds. The van der Waals surface area contributed by atoms with Crippen molar-refractivity contribution in [1.29, 1.82) is 0 Å². The largest absolute Gasteiger partial charge is 0.507 e. The van der Waals surface area contributed by atoms with Gasteiger partial charge in [-0.15, -0.1) is 0 Å². The molecule has 1 heterocycles. The SMILES string of the molecule is CCc1c(CC)c(-c2ccc3cc2OCO3)c2cc(OC)c(OC)cc2c1O. The summed E-state index contributed by atoms with van der Waals surface area (Å²) in [5, 5.41) is 12.7. The van der Waals surface area contributed by atoms with Gasteiger partial charge in [-0.2, -0.15) is 0 Å². The number of benzene rings is 3. The van der Waals surface area contributed by atoms with Gasteiger partial charge in [0.1, 0.15) is 17.2 Å². The van der Waals surface area contributed by atoms with E-state index in [2.05, 4.69) is 13.8 Å². The predicted molar refractivity (Wildman–Crippen MR) is 109 cm³/mol. The molecule has 5 heteroatoms. The van der Waals surface area contributed by atoms with Gasteiger partial charge in [-0.25, -0.2) is 0 Å². The number of hydrogen-bond donors (Lipinski definition) is 1. The van der Waals surface area contributed by atoms with E-state index in [1.807, 2.05) is 30.3 Å². The number of ether oxygens (including phenoxy) is 4. The first-order chi connectivity index (χ1) is 13.6. The van der Waals surface area contributed by atoms with Crippen molar-refractivity contribution in [3.63, 3.8) is 0 Å². The minimum absolute atomic E-state index is 0.199. The van der Waals surface area contributed by atoms with E-state index in [0.29, 0.717) is 17.2 Å². The van der Waals surface area contributed by atoms with E-state index < -0.39 is 0 Å². The van der Waals surface area contributed by atoms with Crippen LogP contribution in [0, 0.1) is 0 Å². The molecule has 0 fully saturated rings. The second-order valence-corrected chi connectivity index (χ2v) is 6.71. The van der Waals surface area contributed by atoms with E-state index in [9.17, 15) is 5.11 Å². The third kappa shape index (κ3) is 2.70. The molecule has 3 aromatic carbocycles. The lowest BCUT2D eigenvalue weighted by Gasteiger charge is -2.24. The van der Waals surface area contributed by atoms with Crippen LogP contribution < -0.4 is 18.9 Å². The maximum atomic E-state index is 11.1. The van der Waals surface area contributed by atoms with E-state index in [0.717, 1.165) is 57.4 Å². The molecule has 5 nitrogen and oxygen atoms in total. The molecule has 0 saturated carbocycles. The van der Waals surface area contributed by atoms with Crippen LogP contribution in [-0.4, -0.2) is 26.1 Å². The molecule has 0 unspecified atom stereocenters. The fourth-order valence-corrected chi connectivity index (χ4v) is 4.06. The Morgan fingerprint density at radius 2 is 1.57 bits per heavy atom. The molecule has 0 saturated heterocycles. The Bertz CT molecular complexity index is 1060. The Morgan fingerprint density at radius 1 is 0.893 bits per heavy atom. The molecule has 28 heavy (non-hydrogen) atoms. The van der Waals surface area contributed by atoms with E-state index in [1.165, 1.54) is 0 Å². The Labute approximate surface area is 164 Å².